The molecule has 5 nitrogen and oxygen atoms in total. The standard InChI is InChI=1S/C15H20FNO4S/c16-13-4-1-3-12(9-13)10-17(7-2-5-15(18)19)14-6-8-22(20,21)11-14/h1,3-4,9,14H,2,5-8,10-11H2,(H,18,19)/t14-/m1/s1. The number of carboxylic acid groups (broad SMARTS) is 1. The van der Waals surface area contributed by atoms with Crippen LogP contribution >= 0.6 is 0 Å². The molecule has 2 rings (SSSR count). The van der Waals surface area contributed by atoms with E-state index < -0.39 is 15.8 Å². The molecule has 1 N–H and O–H groups in total. The summed E-state index contributed by atoms with van der Waals surface area (Å²) in [5, 5.41) is 8.74. The van der Waals surface area contributed by atoms with Crippen LogP contribution in [-0.2, 0) is 21.2 Å². The first-order valence-electron chi connectivity index (χ1n) is 7.26. The Hall–Kier alpha value is -1.47. The van der Waals surface area contributed by atoms with Gasteiger partial charge >= 0.3 is 5.97 Å². The monoisotopic (exact) mass is 329 g/mol. The van der Waals surface area contributed by atoms with Gasteiger partial charge in [0.15, 0.2) is 9.84 Å². The molecule has 0 aliphatic carbocycles. The van der Waals surface area contributed by atoms with Crippen LogP contribution in [0, 0.1) is 5.82 Å². The molecule has 1 atom stereocenters. The summed E-state index contributed by atoms with van der Waals surface area (Å²) in [6.45, 7) is 0.917. The maximum absolute atomic E-state index is 13.3. The van der Waals surface area contributed by atoms with E-state index in [1.807, 2.05) is 4.90 Å². The summed E-state index contributed by atoms with van der Waals surface area (Å²) in [6, 6.07) is 6.07. The molecule has 1 aromatic carbocycles. The quantitative estimate of drug-likeness (QED) is 0.824. The van der Waals surface area contributed by atoms with Gasteiger partial charge in [0.25, 0.3) is 0 Å². The Morgan fingerprint density at radius 2 is 2.18 bits per heavy atom. The molecule has 7 heteroatoms. The number of benzene rings is 1. The average molecular weight is 329 g/mol. The van der Waals surface area contributed by atoms with Crippen molar-refractivity contribution in [2.24, 2.45) is 0 Å². The van der Waals surface area contributed by atoms with Gasteiger partial charge in [-0.1, -0.05) is 12.1 Å². The second kappa shape index (κ2) is 7.19. The minimum absolute atomic E-state index is 0.0408. The molecule has 0 amide bonds. The molecule has 0 radical (unpaired) electrons. The molecule has 22 heavy (non-hydrogen) atoms. The van der Waals surface area contributed by atoms with E-state index in [0.717, 1.165) is 5.56 Å². The van der Waals surface area contributed by atoms with E-state index in [4.69, 9.17) is 5.11 Å². The van der Waals surface area contributed by atoms with Crippen LogP contribution in [0.3, 0.4) is 0 Å². The number of hydrogen-bond acceptors (Lipinski definition) is 4. The van der Waals surface area contributed by atoms with Crippen molar-refractivity contribution in [1.29, 1.82) is 0 Å². The van der Waals surface area contributed by atoms with Crippen molar-refractivity contribution >= 4 is 15.8 Å². The highest BCUT2D eigenvalue weighted by Crippen LogP contribution is 2.21. The van der Waals surface area contributed by atoms with E-state index in [0.29, 0.717) is 25.9 Å². The number of sulfone groups is 1. The molecule has 1 aromatic rings. The second-order valence-electron chi connectivity index (χ2n) is 5.65. The van der Waals surface area contributed by atoms with Gasteiger partial charge in [-0.05, 0) is 37.1 Å². The maximum Gasteiger partial charge on any atom is 0.303 e. The van der Waals surface area contributed by atoms with Gasteiger partial charge in [-0.3, -0.25) is 9.69 Å². The number of carbonyl (C=O) groups is 1. The zero-order chi connectivity index (χ0) is 16.2. The van der Waals surface area contributed by atoms with Crippen molar-refractivity contribution in [2.75, 3.05) is 18.1 Å². The fourth-order valence-corrected chi connectivity index (χ4v) is 4.52. The predicted molar refractivity (Wildman–Crippen MR) is 80.7 cm³/mol. The zero-order valence-corrected chi connectivity index (χ0v) is 13.1. The first kappa shape index (κ1) is 16.9. The van der Waals surface area contributed by atoms with Gasteiger partial charge in [-0.2, -0.15) is 0 Å². The van der Waals surface area contributed by atoms with Crippen LogP contribution in [0.4, 0.5) is 4.39 Å². The van der Waals surface area contributed by atoms with Crippen molar-refractivity contribution in [2.45, 2.75) is 31.8 Å². The first-order chi connectivity index (χ1) is 10.4. The Morgan fingerprint density at radius 3 is 2.77 bits per heavy atom. The number of nitrogens with zero attached hydrogens (tertiary/aromatic N) is 1. The van der Waals surface area contributed by atoms with Crippen LogP contribution in [0.1, 0.15) is 24.8 Å². The summed E-state index contributed by atoms with van der Waals surface area (Å²) in [7, 11) is -3.01. The third-order valence-corrected chi connectivity index (χ3v) is 5.59. The Balaban J connectivity index is 2.05. The molecule has 1 aliphatic rings. The van der Waals surface area contributed by atoms with E-state index in [-0.39, 0.29) is 29.8 Å². The molecule has 122 valence electrons. The Kier molecular flexibility index (Phi) is 5.52. The lowest BCUT2D eigenvalue weighted by Crippen LogP contribution is -2.36. The molecule has 0 bridgehead atoms. The molecular formula is C15H20FNO4S. The predicted octanol–water partition coefficient (Wildman–Crippen LogP) is 1.68. The van der Waals surface area contributed by atoms with E-state index in [1.165, 1.54) is 12.1 Å². The molecule has 0 saturated carbocycles. The zero-order valence-electron chi connectivity index (χ0n) is 12.2. The van der Waals surface area contributed by atoms with E-state index in [9.17, 15) is 17.6 Å². The normalized spacial score (nSPS) is 20.4. The highest BCUT2D eigenvalue weighted by atomic mass is 32.2. The van der Waals surface area contributed by atoms with Crippen molar-refractivity contribution in [3.05, 3.63) is 35.6 Å². The Bertz CT molecular complexity index is 632. The Labute approximate surface area is 129 Å². The van der Waals surface area contributed by atoms with Gasteiger partial charge in [0.2, 0.25) is 0 Å². The van der Waals surface area contributed by atoms with Gasteiger partial charge < -0.3 is 5.11 Å². The van der Waals surface area contributed by atoms with Gasteiger partial charge in [0.05, 0.1) is 11.5 Å². The average Bonchev–Trinajstić information content (AvgIpc) is 2.77. The van der Waals surface area contributed by atoms with Crippen LogP contribution in [0.15, 0.2) is 24.3 Å². The highest BCUT2D eigenvalue weighted by Gasteiger charge is 2.32. The van der Waals surface area contributed by atoms with Crippen molar-refractivity contribution in [3.63, 3.8) is 0 Å². The number of rotatable bonds is 7. The summed E-state index contributed by atoms with van der Waals surface area (Å²) in [6.07, 6.45) is 1.03. The van der Waals surface area contributed by atoms with E-state index in [1.54, 1.807) is 12.1 Å². The molecule has 1 heterocycles. The first-order valence-corrected chi connectivity index (χ1v) is 9.08. The smallest absolute Gasteiger partial charge is 0.303 e. The van der Waals surface area contributed by atoms with Crippen LogP contribution in [0.5, 0.6) is 0 Å². The van der Waals surface area contributed by atoms with Crippen LogP contribution in [0.2, 0.25) is 0 Å². The number of hydrogen-bond donors (Lipinski definition) is 1. The summed E-state index contributed by atoms with van der Waals surface area (Å²) in [4.78, 5) is 12.6. The Morgan fingerprint density at radius 1 is 1.41 bits per heavy atom. The molecule has 1 fully saturated rings. The third kappa shape index (κ3) is 5.06. The van der Waals surface area contributed by atoms with Gasteiger partial charge in [-0.15, -0.1) is 0 Å². The van der Waals surface area contributed by atoms with Crippen LogP contribution < -0.4 is 0 Å². The largest absolute Gasteiger partial charge is 0.481 e. The summed E-state index contributed by atoms with van der Waals surface area (Å²) in [5.74, 6) is -0.946. The summed E-state index contributed by atoms with van der Waals surface area (Å²) in [5.41, 5.74) is 0.764. The van der Waals surface area contributed by atoms with Gasteiger partial charge in [0.1, 0.15) is 5.82 Å². The number of aliphatic carboxylic acids is 1. The van der Waals surface area contributed by atoms with Crippen LogP contribution in [-0.4, -0.2) is 48.5 Å². The van der Waals surface area contributed by atoms with E-state index in [2.05, 4.69) is 0 Å². The summed E-state index contributed by atoms with van der Waals surface area (Å²) < 4.78 is 36.6. The van der Waals surface area contributed by atoms with Crippen molar-refractivity contribution in [1.82, 2.24) is 4.90 Å². The fraction of sp³-hybridized carbons (Fsp3) is 0.533. The summed E-state index contributed by atoms with van der Waals surface area (Å²) >= 11 is 0. The minimum atomic E-state index is -3.01. The number of halogens is 1. The van der Waals surface area contributed by atoms with Crippen molar-refractivity contribution in [3.8, 4) is 0 Å². The molecule has 1 saturated heterocycles. The lowest BCUT2D eigenvalue weighted by atomic mass is 10.1. The van der Waals surface area contributed by atoms with Crippen LogP contribution in [0.25, 0.3) is 0 Å². The maximum atomic E-state index is 13.3. The lowest BCUT2D eigenvalue weighted by Gasteiger charge is -2.28. The van der Waals surface area contributed by atoms with Crippen molar-refractivity contribution < 1.29 is 22.7 Å². The third-order valence-electron chi connectivity index (χ3n) is 3.84. The minimum Gasteiger partial charge on any atom is -0.481 e. The lowest BCUT2D eigenvalue weighted by molar-refractivity contribution is -0.137. The number of carboxylic acids is 1. The SMILES string of the molecule is O=C(O)CCCN(Cc1cccc(F)c1)[C@@H]1CCS(=O)(=O)C1. The van der Waals surface area contributed by atoms with E-state index >= 15 is 0 Å². The topological polar surface area (TPSA) is 74.7 Å². The van der Waals surface area contributed by atoms with Gasteiger partial charge in [-0.25, -0.2) is 12.8 Å². The molecule has 0 spiro atoms. The molecular weight excluding hydrogens is 309 g/mol. The second-order valence-corrected chi connectivity index (χ2v) is 7.88. The fourth-order valence-electron chi connectivity index (χ4n) is 2.76. The molecule has 1 aliphatic heterocycles. The molecule has 0 aromatic heterocycles. The molecule has 0 unspecified atom stereocenters. The highest BCUT2D eigenvalue weighted by molar-refractivity contribution is 7.91. The van der Waals surface area contributed by atoms with Gasteiger partial charge in [0, 0.05) is 19.0 Å².